The second-order valence-corrected chi connectivity index (χ2v) is 4.68. The second kappa shape index (κ2) is 6.41. The molecule has 0 unspecified atom stereocenters. The molecule has 0 saturated heterocycles. The summed E-state index contributed by atoms with van der Waals surface area (Å²) >= 11 is 3.17. The Bertz CT molecular complexity index is 512. The van der Waals surface area contributed by atoms with E-state index in [4.69, 9.17) is 5.26 Å². The Morgan fingerprint density at radius 1 is 1.71 bits per heavy atom. The number of rotatable bonds is 2. The first-order chi connectivity index (χ1) is 8.10. The van der Waals surface area contributed by atoms with Crippen molar-refractivity contribution < 1.29 is 4.92 Å². The molecule has 0 aromatic heterocycles. The molecule has 8 heteroatoms. The SMILES string of the molecule is CSC(=Nc1c(I)cccc1[N+](=O)[O-])NC#N. The molecule has 1 rings (SSSR count). The number of nitro groups is 1. The van der Waals surface area contributed by atoms with Crippen LogP contribution >= 0.6 is 34.4 Å². The molecule has 0 saturated carbocycles. The van der Waals surface area contributed by atoms with E-state index < -0.39 is 4.92 Å². The molecular weight excluding hydrogens is 355 g/mol. The van der Waals surface area contributed by atoms with E-state index in [0.717, 1.165) is 0 Å². The van der Waals surface area contributed by atoms with Crippen molar-refractivity contribution in [1.82, 2.24) is 5.32 Å². The number of nitrogens with one attached hydrogen (secondary N) is 1. The van der Waals surface area contributed by atoms with E-state index in [-0.39, 0.29) is 11.4 Å². The fraction of sp³-hybridized carbons (Fsp3) is 0.111. The third kappa shape index (κ3) is 3.57. The first-order valence-electron chi connectivity index (χ1n) is 4.30. The van der Waals surface area contributed by atoms with E-state index in [2.05, 4.69) is 10.3 Å². The van der Waals surface area contributed by atoms with Gasteiger partial charge in [-0.15, -0.1) is 0 Å². The number of nitro benzene ring substituents is 1. The van der Waals surface area contributed by atoms with Gasteiger partial charge in [0.15, 0.2) is 17.0 Å². The van der Waals surface area contributed by atoms with Crippen molar-refractivity contribution in [3.63, 3.8) is 0 Å². The lowest BCUT2D eigenvalue weighted by Crippen LogP contribution is -2.12. The zero-order chi connectivity index (χ0) is 12.8. The van der Waals surface area contributed by atoms with Crippen LogP contribution in [0.25, 0.3) is 0 Å². The van der Waals surface area contributed by atoms with E-state index in [1.807, 2.05) is 22.6 Å². The van der Waals surface area contributed by atoms with Gasteiger partial charge in [-0.3, -0.25) is 15.4 Å². The molecule has 1 aromatic rings. The van der Waals surface area contributed by atoms with Crippen LogP contribution < -0.4 is 5.32 Å². The van der Waals surface area contributed by atoms with E-state index in [1.165, 1.54) is 17.8 Å². The number of nitrogens with zero attached hydrogens (tertiary/aromatic N) is 3. The van der Waals surface area contributed by atoms with E-state index >= 15 is 0 Å². The Labute approximate surface area is 115 Å². The van der Waals surface area contributed by atoms with Crippen LogP contribution in [-0.2, 0) is 0 Å². The highest BCUT2D eigenvalue weighted by atomic mass is 127. The van der Waals surface area contributed by atoms with Crippen LogP contribution in [0, 0.1) is 25.1 Å². The summed E-state index contributed by atoms with van der Waals surface area (Å²) in [5, 5.41) is 22.0. The van der Waals surface area contributed by atoms with Gasteiger partial charge in [0.2, 0.25) is 0 Å². The molecule has 0 atom stereocenters. The standard InChI is InChI=1S/C9H7IN4O2S/c1-17-9(12-5-11)13-8-6(10)3-2-4-7(8)14(15)16/h2-4H,1H3,(H,12,13). The van der Waals surface area contributed by atoms with Gasteiger partial charge in [-0.05, 0) is 34.9 Å². The minimum atomic E-state index is -0.495. The van der Waals surface area contributed by atoms with Gasteiger partial charge in [0.1, 0.15) is 0 Å². The van der Waals surface area contributed by atoms with Crippen LogP contribution in [0.4, 0.5) is 11.4 Å². The fourth-order valence-electron chi connectivity index (χ4n) is 1.04. The average molecular weight is 362 g/mol. The van der Waals surface area contributed by atoms with Gasteiger partial charge in [0.05, 0.1) is 4.92 Å². The number of nitriles is 1. The largest absolute Gasteiger partial charge is 0.296 e. The summed E-state index contributed by atoms with van der Waals surface area (Å²) in [6.45, 7) is 0. The maximum atomic E-state index is 10.8. The van der Waals surface area contributed by atoms with Crippen molar-refractivity contribution in [2.75, 3.05) is 6.26 Å². The normalized spacial score (nSPS) is 10.8. The average Bonchev–Trinajstić information content (AvgIpc) is 2.30. The smallest absolute Gasteiger partial charge is 0.271 e. The van der Waals surface area contributed by atoms with Crippen molar-refractivity contribution in [2.24, 2.45) is 4.99 Å². The highest BCUT2D eigenvalue weighted by Gasteiger charge is 2.16. The number of amidine groups is 1. The predicted molar refractivity (Wildman–Crippen MR) is 75.2 cm³/mol. The van der Waals surface area contributed by atoms with E-state index in [0.29, 0.717) is 8.74 Å². The monoisotopic (exact) mass is 362 g/mol. The highest BCUT2D eigenvalue weighted by Crippen LogP contribution is 2.32. The van der Waals surface area contributed by atoms with Gasteiger partial charge in [0, 0.05) is 9.64 Å². The topological polar surface area (TPSA) is 91.3 Å². The van der Waals surface area contributed by atoms with Crippen molar-refractivity contribution >= 4 is 50.9 Å². The van der Waals surface area contributed by atoms with Crippen LogP contribution in [-0.4, -0.2) is 16.3 Å². The molecule has 0 fully saturated rings. The first-order valence-corrected chi connectivity index (χ1v) is 6.61. The lowest BCUT2D eigenvalue weighted by Gasteiger charge is -2.02. The van der Waals surface area contributed by atoms with Gasteiger partial charge in [0.25, 0.3) is 5.69 Å². The molecule has 0 aliphatic heterocycles. The van der Waals surface area contributed by atoms with Gasteiger partial charge in [-0.1, -0.05) is 17.8 Å². The molecule has 0 heterocycles. The van der Waals surface area contributed by atoms with Crippen LogP contribution in [0.5, 0.6) is 0 Å². The predicted octanol–water partition coefficient (Wildman–Crippen LogP) is 2.62. The maximum Gasteiger partial charge on any atom is 0.296 e. The van der Waals surface area contributed by atoms with E-state index in [9.17, 15) is 10.1 Å². The van der Waals surface area contributed by atoms with Gasteiger partial charge < -0.3 is 0 Å². The Morgan fingerprint density at radius 2 is 2.41 bits per heavy atom. The molecule has 0 bridgehead atoms. The molecule has 0 amide bonds. The molecule has 1 aromatic carbocycles. The van der Waals surface area contributed by atoms with Gasteiger partial charge >= 0.3 is 0 Å². The Morgan fingerprint density at radius 3 is 2.94 bits per heavy atom. The summed E-state index contributed by atoms with van der Waals surface area (Å²) in [5.41, 5.74) is 0.174. The number of thioether (sulfide) groups is 1. The quantitative estimate of drug-likeness (QED) is 0.166. The number of hydrogen-bond donors (Lipinski definition) is 1. The van der Waals surface area contributed by atoms with Crippen molar-refractivity contribution in [3.05, 3.63) is 31.9 Å². The van der Waals surface area contributed by atoms with Crippen LogP contribution in [0.1, 0.15) is 0 Å². The summed E-state index contributed by atoms with van der Waals surface area (Å²) in [6.07, 6.45) is 3.46. The molecule has 1 N–H and O–H groups in total. The van der Waals surface area contributed by atoms with Crippen molar-refractivity contribution in [3.8, 4) is 6.19 Å². The Balaban J connectivity index is 3.30. The molecular formula is C9H7IN4O2S. The van der Waals surface area contributed by atoms with Crippen LogP contribution in [0.15, 0.2) is 23.2 Å². The summed E-state index contributed by atoms with van der Waals surface area (Å²) in [5.74, 6) is 0. The summed E-state index contributed by atoms with van der Waals surface area (Å²) < 4.78 is 0.656. The molecule has 0 aliphatic rings. The number of benzene rings is 1. The van der Waals surface area contributed by atoms with E-state index in [1.54, 1.807) is 24.6 Å². The first kappa shape index (κ1) is 13.7. The third-order valence-electron chi connectivity index (χ3n) is 1.73. The number of para-hydroxylation sites is 1. The molecule has 17 heavy (non-hydrogen) atoms. The molecule has 0 spiro atoms. The molecule has 0 radical (unpaired) electrons. The molecule has 6 nitrogen and oxygen atoms in total. The summed E-state index contributed by atoms with van der Waals surface area (Å²) in [4.78, 5) is 14.4. The van der Waals surface area contributed by atoms with Crippen molar-refractivity contribution in [2.45, 2.75) is 0 Å². The minimum absolute atomic E-state index is 0.0804. The summed E-state index contributed by atoms with van der Waals surface area (Å²) in [6, 6.07) is 4.69. The van der Waals surface area contributed by atoms with Crippen molar-refractivity contribution in [1.29, 1.82) is 5.26 Å². The van der Waals surface area contributed by atoms with Gasteiger partial charge in [-0.25, -0.2) is 4.99 Å². The number of hydrogen-bond acceptors (Lipinski definition) is 5. The molecule has 88 valence electrons. The Hall–Kier alpha value is -1.34. The highest BCUT2D eigenvalue weighted by molar-refractivity contribution is 14.1. The van der Waals surface area contributed by atoms with Gasteiger partial charge in [-0.2, -0.15) is 5.26 Å². The zero-order valence-corrected chi connectivity index (χ0v) is 11.7. The summed E-state index contributed by atoms with van der Waals surface area (Å²) in [7, 11) is 0. The second-order valence-electron chi connectivity index (χ2n) is 2.72. The lowest BCUT2D eigenvalue weighted by atomic mass is 10.3. The minimum Gasteiger partial charge on any atom is -0.271 e. The van der Waals surface area contributed by atoms with Crippen LogP contribution in [0.2, 0.25) is 0 Å². The Kier molecular flexibility index (Phi) is 5.17. The number of aliphatic imine (C=N–C) groups is 1. The third-order valence-corrected chi connectivity index (χ3v) is 3.18. The zero-order valence-electron chi connectivity index (χ0n) is 8.68. The van der Waals surface area contributed by atoms with Crippen LogP contribution in [0.3, 0.4) is 0 Å². The fourth-order valence-corrected chi connectivity index (χ4v) is 1.97. The number of halogens is 1. The lowest BCUT2D eigenvalue weighted by molar-refractivity contribution is -0.384. The molecule has 0 aliphatic carbocycles. The maximum absolute atomic E-state index is 10.8.